The number of rotatable bonds is 5. The fraction of sp³-hybridized carbons (Fsp3) is 0.353. The molecule has 0 radical (unpaired) electrons. The van der Waals surface area contributed by atoms with Gasteiger partial charge in [-0.25, -0.2) is 0 Å². The molecular formula is C17H19N5O2S. The van der Waals surface area contributed by atoms with E-state index in [0.29, 0.717) is 0 Å². The molecule has 0 N–H and O–H groups in total. The summed E-state index contributed by atoms with van der Waals surface area (Å²) in [6, 6.07) is 7.90. The zero-order valence-electron chi connectivity index (χ0n) is 14.0. The van der Waals surface area contributed by atoms with Crippen molar-refractivity contribution in [3.63, 3.8) is 0 Å². The molecule has 1 saturated heterocycles. The van der Waals surface area contributed by atoms with Gasteiger partial charge < -0.3 is 9.47 Å². The number of methoxy groups -OCH3 is 1. The molecule has 25 heavy (non-hydrogen) atoms. The van der Waals surface area contributed by atoms with Crippen LogP contribution >= 0.6 is 11.3 Å². The van der Waals surface area contributed by atoms with Crippen LogP contribution in [0.3, 0.4) is 0 Å². The lowest BCUT2D eigenvalue weighted by Crippen LogP contribution is -2.36. The molecular weight excluding hydrogens is 338 g/mol. The second-order valence-corrected chi connectivity index (χ2v) is 6.70. The van der Waals surface area contributed by atoms with Crippen LogP contribution in [0.2, 0.25) is 0 Å². The number of hydrogen-bond acceptors (Lipinski definition) is 7. The number of morpholine rings is 1. The molecule has 0 amide bonds. The molecule has 0 atom stereocenters. The van der Waals surface area contributed by atoms with Gasteiger partial charge in [0, 0.05) is 18.7 Å². The lowest BCUT2D eigenvalue weighted by Gasteiger charge is -2.25. The third-order valence-electron chi connectivity index (χ3n) is 4.08. The van der Waals surface area contributed by atoms with Gasteiger partial charge in [0.2, 0.25) is 4.96 Å². The average Bonchev–Trinajstić information content (AvgIpc) is 3.22. The van der Waals surface area contributed by atoms with Crippen LogP contribution in [0.5, 0.6) is 5.75 Å². The topological polar surface area (TPSA) is 64.8 Å². The molecule has 1 fully saturated rings. The van der Waals surface area contributed by atoms with Crippen molar-refractivity contribution in [2.24, 2.45) is 0 Å². The van der Waals surface area contributed by atoms with Gasteiger partial charge >= 0.3 is 0 Å². The second-order valence-electron chi connectivity index (χ2n) is 5.71. The number of hydrogen-bond donors (Lipinski definition) is 0. The van der Waals surface area contributed by atoms with Crippen LogP contribution in [0.25, 0.3) is 17.1 Å². The van der Waals surface area contributed by atoms with E-state index in [4.69, 9.17) is 9.47 Å². The highest BCUT2D eigenvalue weighted by Crippen LogP contribution is 2.22. The van der Waals surface area contributed by atoms with E-state index in [1.807, 2.05) is 40.9 Å². The Morgan fingerprint density at radius 3 is 2.88 bits per heavy atom. The van der Waals surface area contributed by atoms with E-state index in [-0.39, 0.29) is 0 Å². The molecule has 0 spiro atoms. The first-order valence-electron chi connectivity index (χ1n) is 8.16. The molecule has 1 aliphatic rings. The fourth-order valence-corrected chi connectivity index (χ4v) is 3.52. The molecule has 3 aromatic rings. The van der Waals surface area contributed by atoms with E-state index in [0.717, 1.165) is 60.0 Å². The van der Waals surface area contributed by atoms with Crippen molar-refractivity contribution < 1.29 is 9.47 Å². The Labute approximate surface area is 149 Å². The first-order valence-corrected chi connectivity index (χ1v) is 8.97. The van der Waals surface area contributed by atoms with Crippen molar-refractivity contribution in [1.29, 1.82) is 0 Å². The lowest BCUT2D eigenvalue weighted by atomic mass is 10.2. The Bertz CT molecular complexity index is 882. The largest absolute Gasteiger partial charge is 0.496 e. The summed E-state index contributed by atoms with van der Waals surface area (Å²) in [5.74, 6) is 1.71. The SMILES string of the molecule is COc1ccccc1C=Cc1nn2c(CN3CCOCC3)nnc2s1. The fourth-order valence-electron chi connectivity index (χ4n) is 2.76. The van der Waals surface area contributed by atoms with Crippen LogP contribution in [0.15, 0.2) is 24.3 Å². The summed E-state index contributed by atoms with van der Waals surface area (Å²) in [6.45, 7) is 4.11. The maximum Gasteiger partial charge on any atom is 0.235 e. The first-order chi connectivity index (χ1) is 12.3. The second kappa shape index (κ2) is 7.30. The molecule has 130 valence electrons. The van der Waals surface area contributed by atoms with Gasteiger partial charge in [-0.1, -0.05) is 29.5 Å². The van der Waals surface area contributed by atoms with Gasteiger partial charge in [-0.2, -0.15) is 9.61 Å². The zero-order valence-corrected chi connectivity index (χ0v) is 14.8. The first kappa shape index (κ1) is 16.2. The number of para-hydroxylation sites is 1. The monoisotopic (exact) mass is 357 g/mol. The summed E-state index contributed by atoms with van der Waals surface area (Å²) in [4.78, 5) is 3.12. The predicted molar refractivity (Wildman–Crippen MR) is 96.7 cm³/mol. The van der Waals surface area contributed by atoms with Gasteiger partial charge in [0.15, 0.2) is 5.82 Å². The number of ether oxygens (including phenoxy) is 2. The van der Waals surface area contributed by atoms with Crippen molar-refractivity contribution >= 4 is 28.4 Å². The Hall–Kier alpha value is -2.29. The van der Waals surface area contributed by atoms with Crippen LogP contribution in [-0.4, -0.2) is 58.1 Å². The zero-order chi connectivity index (χ0) is 17.1. The van der Waals surface area contributed by atoms with Crippen molar-refractivity contribution in [2.45, 2.75) is 6.54 Å². The van der Waals surface area contributed by atoms with Crippen molar-refractivity contribution in [3.05, 3.63) is 40.7 Å². The van der Waals surface area contributed by atoms with Gasteiger partial charge in [0.25, 0.3) is 0 Å². The summed E-state index contributed by atoms with van der Waals surface area (Å²) in [5, 5.41) is 14.0. The Morgan fingerprint density at radius 2 is 2.04 bits per heavy atom. The molecule has 0 bridgehead atoms. The molecule has 7 nitrogen and oxygen atoms in total. The molecule has 1 aliphatic heterocycles. The van der Waals surface area contributed by atoms with E-state index in [2.05, 4.69) is 20.2 Å². The molecule has 0 saturated carbocycles. The van der Waals surface area contributed by atoms with Crippen LogP contribution in [-0.2, 0) is 11.3 Å². The average molecular weight is 357 g/mol. The minimum absolute atomic E-state index is 0.740. The van der Waals surface area contributed by atoms with Crippen LogP contribution in [0.1, 0.15) is 16.4 Å². The summed E-state index contributed by atoms with van der Waals surface area (Å²) >= 11 is 1.52. The standard InChI is InChI=1S/C17H19N5O2S/c1-23-14-5-3-2-4-13(14)6-7-16-20-22-15(18-19-17(22)25-16)12-21-8-10-24-11-9-21/h2-7H,8-12H2,1H3. The summed E-state index contributed by atoms with van der Waals surface area (Å²) in [6.07, 6.45) is 3.99. The van der Waals surface area contributed by atoms with Crippen LogP contribution < -0.4 is 4.74 Å². The number of nitrogens with zero attached hydrogens (tertiary/aromatic N) is 5. The van der Waals surface area contributed by atoms with Crippen molar-refractivity contribution in [1.82, 2.24) is 24.7 Å². The molecule has 0 unspecified atom stereocenters. The highest BCUT2D eigenvalue weighted by atomic mass is 32.1. The summed E-state index contributed by atoms with van der Waals surface area (Å²) in [7, 11) is 1.67. The predicted octanol–water partition coefficient (Wildman–Crippen LogP) is 2.20. The van der Waals surface area contributed by atoms with Gasteiger partial charge in [-0.15, -0.1) is 10.2 Å². The van der Waals surface area contributed by atoms with Gasteiger partial charge in [0.1, 0.15) is 10.8 Å². The maximum atomic E-state index is 5.39. The van der Waals surface area contributed by atoms with E-state index in [9.17, 15) is 0 Å². The maximum absolute atomic E-state index is 5.39. The van der Waals surface area contributed by atoms with Gasteiger partial charge in [0.05, 0.1) is 26.9 Å². The van der Waals surface area contributed by atoms with E-state index < -0.39 is 0 Å². The van der Waals surface area contributed by atoms with Crippen molar-refractivity contribution in [2.75, 3.05) is 33.4 Å². The number of benzene rings is 1. The minimum atomic E-state index is 0.740. The Balaban J connectivity index is 1.54. The van der Waals surface area contributed by atoms with E-state index >= 15 is 0 Å². The molecule has 3 heterocycles. The molecule has 1 aromatic carbocycles. The molecule has 4 rings (SSSR count). The number of aromatic nitrogens is 4. The smallest absolute Gasteiger partial charge is 0.235 e. The van der Waals surface area contributed by atoms with E-state index in [1.54, 1.807) is 7.11 Å². The third kappa shape index (κ3) is 3.55. The summed E-state index contributed by atoms with van der Waals surface area (Å²) in [5.41, 5.74) is 1.02. The highest BCUT2D eigenvalue weighted by Gasteiger charge is 2.16. The van der Waals surface area contributed by atoms with Gasteiger partial charge in [-0.3, -0.25) is 4.90 Å². The van der Waals surface area contributed by atoms with Gasteiger partial charge in [-0.05, 0) is 18.2 Å². The number of fused-ring (bicyclic) bond motifs is 1. The molecule has 0 aliphatic carbocycles. The van der Waals surface area contributed by atoms with Crippen LogP contribution in [0, 0.1) is 0 Å². The van der Waals surface area contributed by atoms with Crippen LogP contribution in [0.4, 0.5) is 0 Å². The summed E-state index contributed by atoms with van der Waals surface area (Å²) < 4.78 is 12.6. The minimum Gasteiger partial charge on any atom is -0.496 e. The van der Waals surface area contributed by atoms with E-state index in [1.165, 1.54) is 11.3 Å². The lowest BCUT2D eigenvalue weighted by molar-refractivity contribution is 0.0328. The normalized spacial score (nSPS) is 16.0. The molecule has 2 aromatic heterocycles. The quantitative estimate of drug-likeness (QED) is 0.697. The highest BCUT2D eigenvalue weighted by molar-refractivity contribution is 7.17. The third-order valence-corrected chi connectivity index (χ3v) is 4.95. The Kier molecular flexibility index (Phi) is 4.73. The molecule has 8 heteroatoms. The Morgan fingerprint density at radius 1 is 1.20 bits per heavy atom. The van der Waals surface area contributed by atoms with Crippen molar-refractivity contribution in [3.8, 4) is 5.75 Å².